The topological polar surface area (TPSA) is 38.5 Å². The van der Waals surface area contributed by atoms with Crippen LogP contribution in [0.25, 0.3) is 0 Å². The molecule has 3 heteroatoms. The largest absolute Gasteiger partial charge is 0.374 e. The smallest absolute Gasteiger partial charge is 0.0779 e. The summed E-state index contributed by atoms with van der Waals surface area (Å²) in [5.74, 6) is 0. The molecule has 1 saturated heterocycles. The minimum atomic E-state index is 0.256. The van der Waals surface area contributed by atoms with E-state index < -0.39 is 0 Å². The monoisotopic (exact) mass is 288 g/mol. The second-order valence-corrected chi connectivity index (χ2v) is 6.61. The van der Waals surface area contributed by atoms with Crippen LogP contribution in [0.5, 0.6) is 0 Å². The molecule has 1 aromatic rings. The third-order valence-corrected chi connectivity index (χ3v) is 5.03. The van der Waals surface area contributed by atoms with Gasteiger partial charge in [0.25, 0.3) is 0 Å². The molecule has 1 aliphatic carbocycles. The average molecular weight is 288 g/mol. The quantitative estimate of drug-likeness (QED) is 0.925. The predicted molar refractivity (Wildman–Crippen MR) is 87.9 cm³/mol. The molecule has 3 unspecified atom stereocenters. The van der Waals surface area contributed by atoms with Crippen molar-refractivity contribution in [2.75, 3.05) is 18.1 Å². The summed E-state index contributed by atoms with van der Waals surface area (Å²) in [4.78, 5) is 2.60. The average Bonchev–Trinajstić information content (AvgIpc) is 2.96. The molecule has 0 spiro atoms. The number of morpholine rings is 1. The predicted octanol–water partition coefficient (Wildman–Crippen LogP) is 3.03. The number of anilines is 1. The van der Waals surface area contributed by atoms with E-state index in [9.17, 15) is 0 Å². The van der Waals surface area contributed by atoms with E-state index in [1.54, 1.807) is 0 Å². The molecule has 0 amide bonds. The zero-order valence-corrected chi connectivity index (χ0v) is 13.3. The van der Waals surface area contributed by atoms with Crippen LogP contribution in [0.3, 0.4) is 0 Å². The molecule has 1 aliphatic heterocycles. The summed E-state index contributed by atoms with van der Waals surface area (Å²) in [6.45, 7) is 6.21. The number of rotatable bonds is 4. The second-order valence-electron chi connectivity index (χ2n) is 6.61. The van der Waals surface area contributed by atoms with Gasteiger partial charge in [0.15, 0.2) is 0 Å². The van der Waals surface area contributed by atoms with Crippen LogP contribution in [0.4, 0.5) is 5.69 Å². The summed E-state index contributed by atoms with van der Waals surface area (Å²) in [5.41, 5.74) is 10.4. The van der Waals surface area contributed by atoms with Crippen LogP contribution in [-0.4, -0.2) is 31.3 Å². The number of hydrogen-bond donors (Lipinski definition) is 1. The van der Waals surface area contributed by atoms with E-state index in [4.69, 9.17) is 10.5 Å². The van der Waals surface area contributed by atoms with Crippen LogP contribution < -0.4 is 10.6 Å². The fraction of sp³-hybridized carbons (Fsp3) is 0.667. The third-order valence-electron chi connectivity index (χ3n) is 5.03. The van der Waals surface area contributed by atoms with Gasteiger partial charge in [0.05, 0.1) is 18.8 Å². The molecule has 2 fully saturated rings. The lowest BCUT2D eigenvalue weighted by molar-refractivity contribution is 0.0256. The first-order valence-corrected chi connectivity index (χ1v) is 8.42. The normalized spacial score (nSPS) is 26.7. The third kappa shape index (κ3) is 3.09. The summed E-state index contributed by atoms with van der Waals surface area (Å²) in [6, 6.07) is 7.68. The van der Waals surface area contributed by atoms with Gasteiger partial charge in [0.2, 0.25) is 0 Å². The maximum absolute atomic E-state index is 6.22. The highest BCUT2D eigenvalue weighted by Crippen LogP contribution is 2.35. The van der Waals surface area contributed by atoms with Gasteiger partial charge in [-0.05, 0) is 50.7 Å². The lowest BCUT2D eigenvalue weighted by atomic mass is 9.98. The van der Waals surface area contributed by atoms with E-state index in [2.05, 4.69) is 36.9 Å². The van der Waals surface area contributed by atoms with Gasteiger partial charge < -0.3 is 15.4 Å². The van der Waals surface area contributed by atoms with E-state index in [-0.39, 0.29) is 6.04 Å². The van der Waals surface area contributed by atoms with E-state index in [1.807, 2.05) is 0 Å². The van der Waals surface area contributed by atoms with Crippen molar-refractivity contribution in [2.45, 2.75) is 64.1 Å². The molecule has 0 aromatic heterocycles. The van der Waals surface area contributed by atoms with Gasteiger partial charge in [-0.15, -0.1) is 0 Å². The first kappa shape index (κ1) is 14.9. The Morgan fingerprint density at radius 2 is 2.24 bits per heavy atom. The van der Waals surface area contributed by atoms with Gasteiger partial charge in [-0.2, -0.15) is 0 Å². The Balaban J connectivity index is 1.89. The number of nitrogens with zero attached hydrogens (tertiary/aromatic N) is 1. The number of nitrogens with two attached hydrogens (primary N) is 1. The molecule has 0 radical (unpaired) electrons. The molecule has 3 nitrogen and oxygen atoms in total. The number of hydrogen-bond acceptors (Lipinski definition) is 3. The Hall–Kier alpha value is -1.06. The van der Waals surface area contributed by atoms with E-state index in [0.717, 1.165) is 26.0 Å². The van der Waals surface area contributed by atoms with Crippen LogP contribution >= 0.6 is 0 Å². The summed E-state index contributed by atoms with van der Waals surface area (Å²) < 4.78 is 5.95. The van der Waals surface area contributed by atoms with Gasteiger partial charge in [-0.1, -0.05) is 24.6 Å². The maximum atomic E-state index is 6.22. The molecule has 1 aromatic carbocycles. The fourth-order valence-corrected chi connectivity index (χ4v) is 3.81. The maximum Gasteiger partial charge on any atom is 0.0779 e. The molecule has 1 saturated carbocycles. The molecule has 21 heavy (non-hydrogen) atoms. The number of fused-ring (bicyclic) bond motifs is 1. The SMILES string of the molecule is CCC(N)Cc1cc(C)ccc1N1CCOC2CCCC21. The summed E-state index contributed by atoms with van der Waals surface area (Å²) in [6.07, 6.45) is 6.22. The zero-order valence-electron chi connectivity index (χ0n) is 13.3. The molecule has 1 heterocycles. The van der Waals surface area contributed by atoms with Gasteiger partial charge in [0.1, 0.15) is 0 Å². The van der Waals surface area contributed by atoms with Gasteiger partial charge >= 0.3 is 0 Å². The lowest BCUT2D eigenvalue weighted by Crippen LogP contribution is -2.49. The Bertz CT molecular complexity index is 488. The summed E-state index contributed by atoms with van der Waals surface area (Å²) in [5, 5.41) is 0. The molecular formula is C18H28N2O. The first-order valence-electron chi connectivity index (χ1n) is 8.42. The van der Waals surface area contributed by atoms with Crippen molar-refractivity contribution >= 4 is 5.69 Å². The Kier molecular flexibility index (Phi) is 4.51. The van der Waals surface area contributed by atoms with Crippen LogP contribution in [-0.2, 0) is 11.2 Å². The lowest BCUT2D eigenvalue weighted by Gasteiger charge is -2.40. The molecular weight excluding hydrogens is 260 g/mol. The molecule has 116 valence electrons. The summed E-state index contributed by atoms with van der Waals surface area (Å²) in [7, 11) is 0. The number of ether oxygens (including phenoxy) is 1. The van der Waals surface area contributed by atoms with Crippen molar-refractivity contribution in [3.05, 3.63) is 29.3 Å². The Labute approximate surface area is 128 Å². The van der Waals surface area contributed by atoms with Crippen molar-refractivity contribution < 1.29 is 4.74 Å². The van der Waals surface area contributed by atoms with E-state index in [1.165, 1.54) is 36.1 Å². The van der Waals surface area contributed by atoms with Gasteiger partial charge in [-0.3, -0.25) is 0 Å². The highest BCUT2D eigenvalue weighted by atomic mass is 16.5. The van der Waals surface area contributed by atoms with Crippen LogP contribution in [0, 0.1) is 6.92 Å². The number of benzene rings is 1. The Morgan fingerprint density at radius 1 is 1.38 bits per heavy atom. The second kappa shape index (κ2) is 6.37. The van der Waals surface area contributed by atoms with Crippen LogP contribution in [0.2, 0.25) is 0 Å². The first-order chi connectivity index (χ1) is 10.2. The van der Waals surface area contributed by atoms with E-state index in [0.29, 0.717) is 12.1 Å². The molecule has 3 rings (SSSR count). The van der Waals surface area contributed by atoms with E-state index >= 15 is 0 Å². The zero-order chi connectivity index (χ0) is 14.8. The van der Waals surface area contributed by atoms with Crippen molar-refractivity contribution in [2.24, 2.45) is 5.73 Å². The van der Waals surface area contributed by atoms with Crippen molar-refractivity contribution in [3.8, 4) is 0 Å². The minimum absolute atomic E-state index is 0.256. The van der Waals surface area contributed by atoms with Crippen molar-refractivity contribution in [1.29, 1.82) is 0 Å². The van der Waals surface area contributed by atoms with Crippen LogP contribution in [0.15, 0.2) is 18.2 Å². The van der Waals surface area contributed by atoms with Crippen LogP contribution in [0.1, 0.15) is 43.7 Å². The minimum Gasteiger partial charge on any atom is -0.374 e. The molecule has 3 atom stereocenters. The Morgan fingerprint density at radius 3 is 3.05 bits per heavy atom. The fourth-order valence-electron chi connectivity index (χ4n) is 3.81. The standard InChI is InChI=1S/C18H28N2O/c1-3-15(19)12-14-11-13(2)7-8-16(14)20-9-10-21-18-6-4-5-17(18)20/h7-8,11,15,17-18H,3-6,9-10,12,19H2,1-2H3. The molecule has 0 bridgehead atoms. The molecule has 2 aliphatic rings. The number of aryl methyl sites for hydroxylation is 1. The highest BCUT2D eigenvalue weighted by Gasteiger charge is 2.36. The summed E-state index contributed by atoms with van der Waals surface area (Å²) >= 11 is 0. The van der Waals surface area contributed by atoms with Gasteiger partial charge in [-0.25, -0.2) is 0 Å². The molecule has 2 N–H and O–H groups in total. The highest BCUT2D eigenvalue weighted by molar-refractivity contribution is 5.57. The van der Waals surface area contributed by atoms with Crippen molar-refractivity contribution in [3.63, 3.8) is 0 Å². The van der Waals surface area contributed by atoms with Crippen molar-refractivity contribution in [1.82, 2.24) is 0 Å². The van der Waals surface area contributed by atoms with Gasteiger partial charge in [0, 0.05) is 18.3 Å².